The second-order valence-corrected chi connectivity index (χ2v) is 20.7. The highest BCUT2D eigenvalue weighted by Crippen LogP contribution is 2.30. The van der Waals surface area contributed by atoms with Crippen LogP contribution in [0.2, 0.25) is 0 Å². The van der Waals surface area contributed by atoms with Gasteiger partial charge >= 0.3 is 0 Å². The molecule has 2 rings (SSSR count). The molecule has 0 radical (unpaired) electrons. The number of hydrogen-bond donors (Lipinski definition) is 9. The molecule has 0 aromatic heterocycles. The molecule has 454 valence electrons. The van der Waals surface area contributed by atoms with Crippen molar-refractivity contribution in [2.45, 2.75) is 254 Å². The summed E-state index contributed by atoms with van der Waals surface area (Å²) in [5, 5.41) is 86.9. The quantitative estimate of drug-likeness (QED) is 0.0204. The molecule has 80 heavy (non-hydrogen) atoms. The maximum absolute atomic E-state index is 13.2. The third-order valence-corrected chi connectivity index (χ3v) is 13.9. The Bertz CT molecular complexity index is 1850. The summed E-state index contributed by atoms with van der Waals surface area (Å²) in [6.45, 7) is 2.66. The molecule has 0 saturated carbocycles. The third-order valence-electron chi connectivity index (χ3n) is 13.9. The van der Waals surface area contributed by atoms with E-state index in [4.69, 9.17) is 18.9 Å². The number of unbranched alkanes of at least 4 members (excludes halogenated alkanes) is 11. The number of allylic oxidation sites excluding steroid dienone is 22. The lowest BCUT2D eigenvalue weighted by molar-refractivity contribution is -0.359. The molecular weight excluding hydrogens is 1010 g/mol. The second kappa shape index (κ2) is 49.7. The van der Waals surface area contributed by atoms with E-state index < -0.39 is 86.8 Å². The minimum absolute atomic E-state index is 0.248. The van der Waals surface area contributed by atoms with Crippen LogP contribution in [0.5, 0.6) is 0 Å². The fraction of sp³-hybridized carbons (Fsp3) is 0.652. The lowest BCUT2D eigenvalue weighted by atomic mass is 9.97. The molecule has 14 heteroatoms. The van der Waals surface area contributed by atoms with Gasteiger partial charge in [-0.1, -0.05) is 212 Å². The largest absolute Gasteiger partial charge is 0.394 e. The Morgan fingerprint density at radius 3 is 1.31 bits per heavy atom. The first kappa shape index (κ1) is 72.2. The maximum atomic E-state index is 13.2. The number of rotatable bonds is 46. The van der Waals surface area contributed by atoms with Gasteiger partial charge in [-0.15, -0.1) is 0 Å². The Balaban J connectivity index is 1.65. The average molecular weight is 1120 g/mol. The number of carbonyl (C=O) groups is 1. The van der Waals surface area contributed by atoms with Crippen molar-refractivity contribution in [3.63, 3.8) is 0 Å². The molecule has 12 atom stereocenters. The molecule has 2 heterocycles. The Kier molecular flexibility index (Phi) is 44.9. The summed E-state index contributed by atoms with van der Waals surface area (Å²) >= 11 is 0. The van der Waals surface area contributed by atoms with Gasteiger partial charge in [0, 0.05) is 6.42 Å². The standard InChI is InChI=1S/C66H107NO13/c1-3-5-7-9-11-13-14-15-16-17-18-19-20-21-22-23-24-25-26-27-28-29-30-31-32-33-34-35-36-37-38-39-40-42-44-46-48-50-58(71)67-54(55(70)49-47-45-43-41-12-10-8-6-4-2)53-77-65-63(76)61(74)64(57(52-69)79-65)80-66-62(75)60(73)59(72)56(51-68)78-66/h5,7,11,13,15-16,18-19,21-22,24-25,27-28,30-31,33-34,36-37,39-40,54-57,59-66,68-70,72-76H,3-4,6,8-10,12,14,17,20,23,26,29,32,35,38,41-53H2,1-2H3,(H,67,71)/b7-5-,13-11-,16-15-,19-18-,22-21-,25-24-,28-27-,31-30-,34-33-,37-36-,40-39-. The number of nitrogens with one attached hydrogen (secondary N) is 1. The minimum atomic E-state index is -1.79. The van der Waals surface area contributed by atoms with Gasteiger partial charge in [-0.05, 0) is 96.3 Å². The second-order valence-electron chi connectivity index (χ2n) is 20.7. The van der Waals surface area contributed by atoms with Gasteiger partial charge < -0.3 is 65.1 Å². The molecule has 0 bridgehead atoms. The van der Waals surface area contributed by atoms with E-state index in [9.17, 15) is 45.6 Å². The van der Waals surface area contributed by atoms with Gasteiger partial charge in [-0.25, -0.2) is 0 Å². The Hall–Kier alpha value is -3.87. The summed E-state index contributed by atoms with van der Waals surface area (Å²) in [5.74, 6) is -0.248. The van der Waals surface area contributed by atoms with E-state index in [1.807, 2.05) is 0 Å². The van der Waals surface area contributed by atoms with Crippen LogP contribution in [-0.4, -0.2) is 140 Å². The van der Waals surface area contributed by atoms with Crippen LogP contribution >= 0.6 is 0 Å². The first-order valence-electron chi connectivity index (χ1n) is 30.4. The molecule has 2 fully saturated rings. The highest BCUT2D eigenvalue weighted by atomic mass is 16.7. The molecule has 12 unspecified atom stereocenters. The van der Waals surface area contributed by atoms with Gasteiger partial charge in [-0.3, -0.25) is 4.79 Å². The normalized spacial score (nSPS) is 25.2. The lowest BCUT2D eigenvalue weighted by Crippen LogP contribution is -2.65. The molecule has 2 saturated heterocycles. The Morgan fingerprint density at radius 1 is 0.463 bits per heavy atom. The number of aliphatic hydroxyl groups is 8. The number of hydrogen-bond acceptors (Lipinski definition) is 13. The van der Waals surface area contributed by atoms with Crippen molar-refractivity contribution in [3.05, 3.63) is 134 Å². The third kappa shape index (κ3) is 34.5. The van der Waals surface area contributed by atoms with Crippen molar-refractivity contribution in [1.82, 2.24) is 5.32 Å². The molecule has 0 aliphatic carbocycles. The number of aliphatic hydroxyl groups excluding tert-OH is 8. The van der Waals surface area contributed by atoms with Crippen molar-refractivity contribution in [3.8, 4) is 0 Å². The van der Waals surface area contributed by atoms with E-state index in [2.05, 4.69) is 153 Å². The molecule has 2 aliphatic rings. The van der Waals surface area contributed by atoms with Crippen LogP contribution in [-0.2, 0) is 23.7 Å². The van der Waals surface area contributed by atoms with Gasteiger partial charge in [0.2, 0.25) is 5.91 Å². The summed E-state index contributed by atoms with van der Waals surface area (Å²) in [6, 6.07) is -0.855. The van der Waals surface area contributed by atoms with Crippen molar-refractivity contribution in [2.75, 3.05) is 19.8 Å². The summed E-state index contributed by atoms with van der Waals surface area (Å²) < 4.78 is 22.7. The van der Waals surface area contributed by atoms with Crippen LogP contribution in [0.4, 0.5) is 0 Å². The highest BCUT2D eigenvalue weighted by Gasteiger charge is 2.51. The van der Waals surface area contributed by atoms with Gasteiger partial charge in [0.15, 0.2) is 12.6 Å². The van der Waals surface area contributed by atoms with Gasteiger partial charge in [-0.2, -0.15) is 0 Å². The maximum Gasteiger partial charge on any atom is 0.220 e. The number of amides is 1. The molecule has 0 spiro atoms. The molecule has 1 amide bonds. The number of carbonyl (C=O) groups excluding carboxylic acids is 1. The highest BCUT2D eigenvalue weighted by molar-refractivity contribution is 5.76. The zero-order valence-corrected chi connectivity index (χ0v) is 48.8. The van der Waals surface area contributed by atoms with Crippen LogP contribution in [0.15, 0.2) is 134 Å². The summed E-state index contributed by atoms with van der Waals surface area (Å²) in [7, 11) is 0. The predicted octanol–water partition coefficient (Wildman–Crippen LogP) is 10.8. The van der Waals surface area contributed by atoms with Crippen LogP contribution in [0.3, 0.4) is 0 Å². The molecule has 9 N–H and O–H groups in total. The van der Waals surface area contributed by atoms with E-state index in [0.29, 0.717) is 12.8 Å². The summed E-state index contributed by atoms with van der Waals surface area (Å²) in [5.41, 5.74) is 0. The topological polar surface area (TPSA) is 228 Å². The molecule has 0 aromatic rings. The summed E-state index contributed by atoms with van der Waals surface area (Å²) in [6.07, 6.45) is 56.3. The van der Waals surface area contributed by atoms with Crippen LogP contribution in [0.1, 0.15) is 181 Å². The van der Waals surface area contributed by atoms with Gasteiger partial charge in [0.25, 0.3) is 0 Å². The van der Waals surface area contributed by atoms with E-state index in [-0.39, 0.29) is 18.9 Å². The molecular formula is C66H107NO13. The van der Waals surface area contributed by atoms with Crippen molar-refractivity contribution < 1.29 is 64.6 Å². The molecule has 2 aliphatic heterocycles. The monoisotopic (exact) mass is 1120 g/mol. The van der Waals surface area contributed by atoms with E-state index >= 15 is 0 Å². The molecule has 14 nitrogen and oxygen atoms in total. The lowest BCUT2D eigenvalue weighted by Gasteiger charge is -2.46. The van der Waals surface area contributed by atoms with Crippen LogP contribution in [0, 0.1) is 0 Å². The fourth-order valence-corrected chi connectivity index (χ4v) is 9.00. The zero-order valence-electron chi connectivity index (χ0n) is 48.8. The predicted molar refractivity (Wildman–Crippen MR) is 322 cm³/mol. The summed E-state index contributed by atoms with van der Waals surface area (Å²) in [4.78, 5) is 13.2. The molecule has 0 aromatic carbocycles. The van der Waals surface area contributed by atoms with Gasteiger partial charge in [0.1, 0.15) is 48.8 Å². The van der Waals surface area contributed by atoms with E-state index in [0.717, 1.165) is 116 Å². The Morgan fingerprint density at radius 2 is 0.863 bits per heavy atom. The average Bonchev–Trinajstić information content (AvgIpc) is 3.49. The van der Waals surface area contributed by atoms with Gasteiger partial charge in [0.05, 0.1) is 32.0 Å². The number of ether oxygens (including phenoxy) is 4. The van der Waals surface area contributed by atoms with Crippen molar-refractivity contribution >= 4 is 5.91 Å². The fourth-order valence-electron chi connectivity index (χ4n) is 9.00. The SMILES string of the molecule is CC/C=C\C/C=C\C/C=C\C/C=C\C/C=C\C/C=C\C/C=C\C/C=C\C/C=C\C/C=C\C/C=C\CCCCCC(=O)NC(COC1OC(CO)C(OC2OC(CO)C(O)C(O)C2O)C(O)C1O)C(O)CCCCCCCCCCC. The van der Waals surface area contributed by atoms with E-state index in [1.165, 1.54) is 32.1 Å². The smallest absolute Gasteiger partial charge is 0.220 e. The van der Waals surface area contributed by atoms with Crippen molar-refractivity contribution in [2.24, 2.45) is 0 Å². The first-order valence-corrected chi connectivity index (χ1v) is 30.4. The van der Waals surface area contributed by atoms with Crippen LogP contribution in [0.25, 0.3) is 0 Å². The van der Waals surface area contributed by atoms with Crippen LogP contribution < -0.4 is 5.32 Å². The zero-order chi connectivity index (χ0) is 58.1. The van der Waals surface area contributed by atoms with E-state index in [1.54, 1.807) is 0 Å². The minimum Gasteiger partial charge on any atom is -0.394 e. The Labute approximate surface area is 481 Å². The van der Waals surface area contributed by atoms with Crippen molar-refractivity contribution in [1.29, 1.82) is 0 Å². The first-order chi connectivity index (χ1) is 39.1.